The van der Waals surface area contributed by atoms with Gasteiger partial charge in [0.25, 0.3) is 5.91 Å². The number of aromatic nitrogens is 2. The number of aromatic amines is 1. The molecular formula is C21H22N4O2S. The average Bonchev–Trinajstić information content (AvgIpc) is 3.30. The lowest BCUT2D eigenvalue weighted by Crippen LogP contribution is -2.38. The lowest BCUT2D eigenvalue weighted by Gasteiger charge is -2.30. The predicted octanol–water partition coefficient (Wildman–Crippen LogP) is 3.36. The summed E-state index contributed by atoms with van der Waals surface area (Å²) in [5.74, 6) is -0.113. The van der Waals surface area contributed by atoms with E-state index in [4.69, 9.17) is 4.74 Å². The van der Waals surface area contributed by atoms with E-state index in [1.165, 1.54) is 17.7 Å². The van der Waals surface area contributed by atoms with Crippen LogP contribution >= 0.6 is 11.9 Å². The average molecular weight is 394 g/mol. The minimum Gasteiger partial charge on any atom is -0.372 e. The zero-order chi connectivity index (χ0) is 18.9. The molecule has 2 unspecified atom stereocenters. The lowest BCUT2D eigenvalue weighted by molar-refractivity contribution is -0.00838. The molecule has 2 bridgehead atoms. The van der Waals surface area contributed by atoms with Crippen LogP contribution in [0.5, 0.6) is 0 Å². The smallest absolute Gasteiger partial charge is 0.267 e. The van der Waals surface area contributed by atoms with Crippen molar-refractivity contribution in [2.24, 2.45) is 0 Å². The molecule has 5 rings (SSSR count). The van der Waals surface area contributed by atoms with Gasteiger partial charge in [-0.05, 0) is 54.6 Å². The number of hydrogen-bond acceptors (Lipinski definition) is 5. The van der Waals surface area contributed by atoms with E-state index in [2.05, 4.69) is 43.9 Å². The summed E-state index contributed by atoms with van der Waals surface area (Å²) in [7, 11) is 0. The molecule has 2 atom stereocenters. The molecular weight excluding hydrogens is 372 g/mol. The highest BCUT2D eigenvalue weighted by Gasteiger charge is 2.34. The molecule has 0 radical (unpaired) electrons. The van der Waals surface area contributed by atoms with Crippen molar-refractivity contribution in [3.63, 3.8) is 0 Å². The normalized spacial score (nSPS) is 21.9. The first-order valence-corrected chi connectivity index (χ1v) is 10.4. The van der Waals surface area contributed by atoms with Crippen LogP contribution in [0.2, 0.25) is 0 Å². The summed E-state index contributed by atoms with van der Waals surface area (Å²) in [5, 5.41) is 3.91. The molecule has 7 heteroatoms. The standard InChI is InChI=1S/C21H22N4O2S/c26-21(20-9-15-11-22-8-7-19(15)24-20)23-10-14-1-5-18(6-2-14)28-25-12-16-3-4-17(13-25)27-16/h1-2,5-9,11,16-17,24H,3-4,10,12-13H2,(H,23,26). The Labute approximate surface area is 167 Å². The van der Waals surface area contributed by atoms with Crippen LogP contribution < -0.4 is 5.32 Å². The van der Waals surface area contributed by atoms with Gasteiger partial charge in [-0.2, -0.15) is 0 Å². The number of nitrogens with one attached hydrogen (secondary N) is 2. The fourth-order valence-electron chi connectivity index (χ4n) is 3.84. The summed E-state index contributed by atoms with van der Waals surface area (Å²) < 4.78 is 8.30. The van der Waals surface area contributed by atoms with Crippen molar-refractivity contribution in [3.8, 4) is 0 Å². The van der Waals surface area contributed by atoms with E-state index in [9.17, 15) is 4.79 Å². The monoisotopic (exact) mass is 394 g/mol. The molecule has 144 valence electrons. The lowest BCUT2D eigenvalue weighted by atomic mass is 10.2. The molecule has 2 aromatic heterocycles. The fourth-order valence-corrected chi connectivity index (χ4v) is 4.88. The van der Waals surface area contributed by atoms with Crippen LogP contribution in [-0.2, 0) is 11.3 Å². The molecule has 2 saturated heterocycles. The Balaban J connectivity index is 1.16. The Bertz CT molecular complexity index is 942. The fraction of sp³-hybridized carbons (Fsp3) is 0.333. The third kappa shape index (κ3) is 3.78. The van der Waals surface area contributed by atoms with Gasteiger partial charge >= 0.3 is 0 Å². The molecule has 1 aromatic carbocycles. The number of carbonyl (C=O) groups is 1. The Morgan fingerprint density at radius 2 is 2.00 bits per heavy atom. The molecule has 28 heavy (non-hydrogen) atoms. The number of amides is 1. The minimum absolute atomic E-state index is 0.113. The number of pyridine rings is 1. The van der Waals surface area contributed by atoms with Gasteiger partial charge < -0.3 is 15.0 Å². The van der Waals surface area contributed by atoms with Gasteiger partial charge in [-0.1, -0.05) is 12.1 Å². The predicted molar refractivity (Wildman–Crippen MR) is 109 cm³/mol. The number of ether oxygens (including phenoxy) is 1. The van der Waals surface area contributed by atoms with Crippen LogP contribution in [0.1, 0.15) is 28.9 Å². The van der Waals surface area contributed by atoms with E-state index in [0.717, 1.165) is 29.6 Å². The summed E-state index contributed by atoms with van der Waals surface area (Å²) in [5.41, 5.74) is 2.55. The third-order valence-electron chi connectivity index (χ3n) is 5.29. The van der Waals surface area contributed by atoms with E-state index < -0.39 is 0 Å². The molecule has 1 amide bonds. The quantitative estimate of drug-likeness (QED) is 0.650. The molecule has 2 fully saturated rings. The van der Waals surface area contributed by atoms with Crippen LogP contribution in [0, 0.1) is 0 Å². The molecule has 4 heterocycles. The van der Waals surface area contributed by atoms with Crippen LogP contribution in [0.25, 0.3) is 10.9 Å². The topological polar surface area (TPSA) is 70.2 Å². The Morgan fingerprint density at radius 1 is 1.21 bits per heavy atom. The molecule has 2 aliphatic heterocycles. The summed E-state index contributed by atoms with van der Waals surface area (Å²) in [4.78, 5) is 20.8. The van der Waals surface area contributed by atoms with Crippen molar-refractivity contribution in [3.05, 3.63) is 60.0 Å². The van der Waals surface area contributed by atoms with E-state index in [1.54, 1.807) is 24.3 Å². The second kappa shape index (κ2) is 7.58. The highest BCUT2D eigenvalue weighted by Crippen LogP contribution is 2.32. The Kier molecular flexibility index (Phi) is 4.80. The molecule has 3 aromatic rings. The third-order valence-corrected chi connectivity index (χ3v) is 6.33. The van der Waals surface area contributed by atoms with Gasteiger partial charge in [-0.25, -0.2) is 4.31 Å². The number of carbonyl (C=O) groups excluding carboxylic acids is 1. The van der Waals surface area contributed by atoms with Crippen molar-refractivity contribution in [1.82, 2.24) is 19.6 Å². The molecule has 0 saturated carbocycles. The Morgan fingerprint density at radius 3 is 2.75 bits per heavy atom. The van der Waals surface area contributed by atoms with Gasteiger partial charge in [0.15, 0.2) is 0 Å². The summed E-state index contributed by atoms with van der Waals surface area (Å²) in [6, 6.07) is 12.1. The molecule has 2 aliphatic rings. The maximum Gasteiger partial charge on any atom is 0.267 e. The van der Waals surface area contributed by atoms with Gasteiger partial charge in [0.05, 0.1) is 12.2 Å². The number of benzene rings is 1. The van der Waals surface area contributed by atoms with Crippen molar-refractivity contribution in [2.75, 3.05) is 13.1 Å². The van der Waals surface area contributed by atoms with Gasteiger partial charge in [0.2, 0.25) is 0 Å². The van der Waals surface area contributed by atoms with Crippen molar-refractivity contribution < 1.29 is 9.53 Å². The SMILES string of the molecule is O=C(NCc1ccc(SN2CC3CCC(C2)O3)cc1)c1cc2cnccc2[nH]1. The number of rotatable bonds is 5. The first kappa shape index (κ1) is 17.7. The van der Waals surface area contributed by atoms with Crippen LogP contribution in [0.4, 0.5) is 0 Å². The molecule has 0 aliphatic carbocycles. The van der Waals surface area contributed by atoms with E-state index in [-0.39, 0.29) is 5.91 Å². The molecule has 0 spiro atoms. The summed E-state index contributed by atoms with van der Waals surface area (Å²) in [6.45, 7) is 2.50. The summed E-state index contributed by atoms with van der Waals surface area (Å²) in [6.07, 6.45) is 6.64. The highest BCUT2D eigenvalue weighted by molar-refractivity contribution is 7.97. The second-order valence-corrected chi connectivity index (χ2v) is 8.54. The van der Waals surface area contributed by atoms with Gasteiger partial charge in [0.1, 0.15) is 5.69 Å². The van der Waals surface area contributed by atoms with Crippen LogP contribution in [0.15, 0.2) is 53.7 Å². The first-order valence-electron chi connectivity index (χ1n) is 9.61. The highest BCUT2D eigenvalue weighted by atomic mass is 32.2. The minimum atomic E-state index is -0.113. The van der Waals surface area contributed by atoms with E-state index in [0.29, 0.717) is 24.4 Å². The van der Waals surface area contributed by atoms with Gasteiger partial charge in [-0.3, -0.25) is 9.78 Å². The maximum atomic E-state index is 12.4. The van der Waals surface area contributed by atoms with E-state index in [1.807, 2.05) is 12.1 Å². The number of fused-ring (bicyclic) bond motifs is 3. The van der Waals surface area contributed by atoms with Crippen molar-refractivity contribution >= 4 is 28.8 Å². The zero-order valence-corrected chi connectivity index (χ0v) is 16.2. The van der Waals surface area contributed by atoms with Crippen molar-refractivity contribution in [2.45, 2.75) is 36.5 Å². The number of H-pyrrole nitrogens is 1. The maximum absolute atomic E-state index is 12.4. The summed E-state index contributed by atoms with van der Waals surface area (Å²) >= 11 is 1.80. The van der Waals surface area contributed by atoms with Crippen molar-refractivity contribution in [1.29, 1.82) is 0 Å². The Hall–Kier alpha value is -2.35. The molecule has 6 nitrogen and oxygen atoms in total. The molecule has 2 N–H and O–H groups in total. The van der Waals surface area contributed by atoms with E-state index >= 15 is 0 Å². The van der Waals surface area contributed by atoms with Gasteiger partial charge in [-0.15, -0.1) is 0 Å². The number of nitrogens with zero attached hydrogens (tertiary/aromatic N) is 2. The number of hydrogen-bond donors (Lipinski definition) is 2. The van der Waals surface area contributed by atoms with Gasteiger partial charge in [0, 0.05) is 47.8 Å². The largest absolute Gasteiger partial charge is 0.372 e. The first-order chi connectivity index (χ1) is 13.7. The number of morpholine rings is 1. The second-order valence-electron chi connectivity index (χ2n) is 7.37. The zero-order valence-electron chi connectivity index (χ0n) is 15.4. The van der Waals surface area contributed by atoms with Crippen LogP contribution in [-0.4, -0.2) is 45.5 Å². The van der Waals surface area contributed by atoms with Crippen LogP contribution in [0.3, 0.4) is 0 Å².